The summed E-state index contributed by atoms with van der Waals surface area (Å²) in [6.07, 6.45) is 2.84. The summed E-state index contributed by atoms with van der Waals surface area (Å²) in [5, 5.41) is 6.85. The average molecular weight is 221 g/mol. The van der Waals surface area contributed by atoms with Gasteiger partial charge < -0.3 is 10.6 Å². The maximum Gasteiger partial charge on any atom is 0.0416 e. The number of pyridine rings is 1. The van der Waals surface area contributed by atoms with Crippen molar-refractivity contribution in [1.29, 1.82) is 0 Å². The fraction of sp³-hybridized carbons (Fsp3) is 0.615. The van der Waals surface area contributed by atoms with E-state index in [1.54, 1.807) is 0 Å². The molecule has 1 heterocycles. The van der Waals surface area contributed by atoms with Crippen LogP contribution in [-0.4, -0.2) is 30.2 Å². The van der Waals surface area contributed by atoms with Gasteiger partial charge in [-0.25, -0.2) is 0 Å². The van der Waals surface area contributed by atoms with Crippen LogP contribution in [0.3, 0.4) is 0 Å². The molecule has 1 rings (SSSR count). The topological polar surface area (TPSA) is 37.0 Å². The second kappa shape index (κ2) is 6.61. The van der Waals surface area contributed by atoms with Crippen LogP contribution in [0.2, 0.25) is 0 Å². The highest BCUT2D eigenvalue weighted by molar-refractivity contribution is 5.03. The second-order valence-corrected chi connectivity index (χ2v) is 5.00. The van der Waals surface area contributed by atoms with E-state index in [0.717, 1.165) is 31.7 Å². The maximum atomic E-state index is 4.28. The summed E-state index contributed by atoms with van der Waals surface area (Å²) in [4.78, 5) is 4.28. The molecule has 0 atom stereocenters. The lowest BCUT2D eigenvalue weighted by Crippen LogP contribution is -2.40. The minimum atomic E-state index is 0.211. The molecule has 0 spiro atoms. The second-order valence-electron chi connectivity index (χ2n) is 5.00. The lowest BCUT2D eigenvalue weighted by molar-refractivity contribution is 0.422. The molecule has 0 saturated carbocycles. The molecule has 0 saturated heterocycles. The van der Waals surface area contributed by atoms with E-state index in [1.165, 1.54) is 0 Å². The van der Waals surface area contributed by atoms with Crippen LogP contribution in [0.5, 0.6) is 0 Å². The van der Waals surface area contributed by atoms with Gasteiger partial charge in [-0.2, -0.15) is 0 Å². The summed E-state index contributed by atoms with van der Waals surface area (Å²) in [5.74, 6) is 0. The van der Waals surface area contributed by atoms with Gasteiger partial charge in [-0.3, -0.25) is 4.98 Å². The number of rotatable bonds is 6. The van der Waals surface area contributed by atoms with Gasteiger partial charge in [-0.05, 0) is 32.9 Å². The van der Waals surface area contributed by atoms with Crippen molar-refractivity contribution < 1.29 is 0 Å². The molecule has 0 aromatic carbocycles. The van der Waals surface area contributed by atoms with E-state index in [2.05, 4.69) is 42.5 Å². The van der Waals surface area contributed by atoms with E-state index in [9.17, 15) is 0 Å². The molecule has 0 aliphatic carbocycles. The molecular formula is C13H23N3. The predicted molar refractivity (Wildman–Crippen MR) is 68.6 cm³/mol. The largest absolute Gasteiger partial charge is 0.315 e. The number of nitrogens with one attached hydrogen (secondary N) is 2. The van der Waals surface area contributed by atoms with Gasteiger partial charge in [-0.15, -0.1) is 0 Å². The SMILES string of the molecule is CC(C)(C)NCCNCCc1ccccn1. The molecule has 0 radical (unpaired) electrons. The van der Waals surface area contributed by atoms with Crippen molar-refractivity contribution in [3.05, 3.63) is 30.1 Å². The van der Waals surface area contributed by atoms with Crippen molar-refractivity contribution in [1.82, 2.24) is 15.6 Å². The smallest absolute Gasteiger partial charge is 0.0416 e. The number of hydrogen-bond acceptors (Lipinski definition) is 3. The van der Waals surface area contributed by atoms with Gasteiger partial charge in [0.2, 0.25) is 0 Å². The van der Waals surface area contributed by atoms with E-state index < -0.39 is 0 Å². The molecule has 1 aromatic rings. The van der Waals surface area contributed by atoms with Crippen LogP contribution >= 0.6 is 0 Å². The lowest BCUT2D eigenvalue weighted by atomic mass is 10.1. The monoisotopic (exact) mass is 221 g/mol. The van der Waals surface area contributed by atoms with Crippen molar-refractivity contribution in [2.24, 2.45) is 0 Å². The van der Waals surface area contributed by atoms with Gasteiger partial charge in [0.25, 0.3) is 0 Å². The van der Waals surface area contributed by atoms with Crippen molar-refractivity contribution in [3.8, 4) is 0 Å². The number of aromatic nitrogens is 1. The Morgan fingerprint density at radius 3 is 2.56 bits per heavy atom. The molecule has 2 N–H and O–H groups in total. The van der Waals surface area contributed by atoms with Crippen LogP contribution < -0.4 is 10.6 Å². The molecule has 90 valence electrons. The molecule has 0 unspecified atom stereocenters. The first-order valence-corrected chi connectivity index (χ1v) is 5.93. The highest BCUT2D eigenvalue weighted by atomic mass is 15.0. The van der Waals surface area contributed by atoms with Crippen molar-refractivity contribution in [2.45, 2.75) is 32.7 Å². The first kappa shape index (κ1) is 13.1. The normalized spacial score (nSPS) is 11.7. The molecule has 0 aliphatic heterocycles. The van der Waals surface area contributed by atoms with Crippen LogP contribution in [-0.2, 0) is 6.42 Å². The quantitative estimate of drug-likeness (QED) is 0.717. The molecule has 16 heavy (non-hydrogen) atoms. The zero-order chi connectivity index (χ0) is 11.9. The third kappa shape index (κ3) is 6.53. The standard InChI is InChI=1S/C13H23N3/c1-13(2,3)16-11-10-14-9-7-12-6-4-5-8-15-12/h4-6,8,14,16H,7,9-11H2,1-3H3. The zero-order valence-electron chi connectivity index (χ0n) is 10.6. The Morgan fingerprint density at radius 2 is 1.94 bits per heavy atom. The van der Waals surface area contributed by atoms with E-state index in [-0.39, 0.29) is 5.54 Å². The highest BCUT2D eigenvalue weighted by Crippen LogP contribution is 1.96. The summed E-state index contributed by atoms with van der Waals surface area (Å²) >= 11 is 0. The molecule has 3 heteroatoms. The van der Waals surface area contributed by atoms with E-state index in [4.69, 9.17) is 0 Å². The molecule has 0 aliphatic rings. The predicted octanol–water partition coefficient (Wildman–Crippen LogP) is 1.60. The van der Waals surface area contributed by atoms with E-state index in [1.807, 2.05) is 18.3 Å². The Kier molecular flexibility index (Phi) is 5.43. The minimum absolute atomic E-state index is 0.211. The number of nitrogens with zero attached hydrogens (tertiary/aromatic N) is 1. The van der Waals surface area contributed by atoms with Gasteiger partial charge in [0.1, 0.15) is 0 Å². The fourth-order valence-electron chi connectivity index (χ4n) is 1.41. The first-order valence-electron chi connectivity index (χ1n) is 5.93. The summed E-state index contributed by atoms with van der Waals surface area (Å²) < 4.78 is 0. The van der Waals surface area contributed by atoms with E-state index in [0.29, 0.717) is 0 Å². The lowest BCUT2D eigenvalue weighted by Gasteiger charge is -2.20. The van der Waals surface area contributed by atoms with Gasteiger partial charge in [0, 0.05) is 43.5 Å². The van der Waals surface area contributed by atoms with E-state index >= 15 is 0 Å². The Labute approximate surface area is 98.7 Å². The van der Waals surface area contributed by atoms with Crippen LogP contribution in [0.25, 0.3) is 0 Å². The molecule has 0 bridgehead atoms. The van der Waals surface area contributed by atoms with Gasteiger partial charge >= 0.3 is 0 Å². The van der Waals surface area contributed by atoms with Crippen molar-refractivity contribution in [3.63, 3.8) is 0 Å². The first-order chi connectivity index (χ1) is 7.58. The Morgan fingerprint density at radius 1 is 1.12 bits per heavy atom. The van der Waals surface area contributed by atoms with Crippen LogP contribution in [0.4, 0.5) is 0 Å². The maximum absolute atomic E-state index is 4.28. The molecule has 0 fully saturated rings. The van der Waals surface area contributed by atoms with Gasteiger partial charge in [-0.1, -0.05) is 6.07 Å². The molecule has 3 nitrogen and oxygen atoms in total. The molecule has 1 aromatic heterocycles. The minimum Gasteiger partial charge on any atom is -0.315 e. The van der Waals surface area contributed by atoms with Crippen molar-refractivity contribution >= 4 is 0 Å². The van der Waals surface area contributed by atoms with Gasteiger partial charge in [0.15, 0.2) is 0 Å². The zero-order valence-corrected chi connectivity index (χ0v) is 10.6. The summed E-state index contributed by atoms with van der Waals surface area (Å²) in [7, 11) is 0. The Bertz CT molecular complexity index is 277. The van der Waals surface area contributed by atoms with Gasteiger partial charge in [0.05, 0.1) is 0 Å². The fourth-order valence-corrected chi connectivity index (χ4v) is 1.41. The highest BCUT2D eigenvalue weighted by Gasteiger charge is 2.06. The third-order valence-corrected chi connectivity index (χ3v) is 2.24. The molecule has 0 amide bonds. The Hall–Kier alpha value is -0.930. The summed E-state index contributed by atoms with van der Waals surface area (Å²) in [6.45, 7) is 9.54. The summed E-state index contributed by atoms with van der Waals surface area (Å²) in [5.41, 5.74) is 1.36. The Balaban J connectivity index is 2.01. The third-order valence-electron chi connectivity index (χ3n) is 2.24. The number of hydrogen-bond donors (Lipinski definition) is 2. The van der Waals surface area contributed by atoms with Crippen LogP contribution in [0, 0.1) is 0 Å². The van der Waals surface area contributed by atoms with Crippen molar-refractivity contribution in [2.75, 3.05) is 19.6 Å². The van der Waals surface area contributed by atoms with Crippen LogP contribution in [0.1, 0.15) is 26.5 Å². The van der Waals surface area contributed by atoms with Crippen LogP contribution in [0.15, 0.2) is 24.4 Å². The summed E-state index contributed by atoms with van der Waals surface area (Å²) in [6, 6.07) is 6.04. The molecular weight excluding hydrogens is 198 g/mol. The average Bonchev–Trinajstić information content (AvgIpc) is 2.23.